The molecule has 0 aromatic rings. The molecule has 10 nitrogen and oxygen atoms in total. The van der Waals surface area contributed by atoms with Crippen LogP contribution in [0.15, 0.2) is 48.0 Å². The molecule has 2 atom stereocenters. The summed E-state index contributed by atoms with van der Waals surface area (Å²) >= 11 is 0. The molecule has 2 unspecified atom stereocenters. The third-order valence-corrected chi connectivity index (χ3v) is 15.3. The first-order valence-corrected chi connectivity index (χ1v) is 14.8. The SMILES string of the molecule is CCOC1=CCC(P(=O)(OC)OC)(S(=O)(=O)C2(P(=O)(OC)OC)C=CC(OCC)=CC2)C=C1. The van der Waals surface area contributed by atoms with Gasteiger partial charge in [0.2, 0.25) is 0 Å². The molecule has 33 heavy (non-hydrogen) atoms. The van der Waals surface area contributed by atoms with Gasteiger partial charge in [0.25, 0.3) is 0 Å². The Hall–Kier alpha value is -1.19. The molecule has 2 aliphatic carbocycles. The van der Waals surface area contributed by atoms with Crippen molar-refractivity contribution in [3.63, 3.8) is 0 Å². The highest BCUT2D eigenvalue weighted by atomic mass is 32.2. The van der Waals surface area contributed by atoms with Gasteiger partial charge >= 0.3 is 15.2 Å². The van der Waals surface area contributed by atoms with Crippen molar-refractivity contribution >= 4 is 25.0 Å². The van der Waals surface area contributed by atoms with Gasteiger partial charge in [-0.05, 0) is 50.3 Å². The number of rotatable bonds is 12. The van der Waals surface area contributed by atoms with Crippen molar-refractivity contribution in [1.82, 2.24) is 0 Å². The first kappa shape index (κ1) is 28.1. The fourth-order valence-corrected chi connectivity index (χ4v) is 12.7. The lowest BCUT2D eigenvalue weighted by molar-refractivity contribution is 0.236. The van der Waals surface area contributed by atoms with Crippen molar-refractivity contribution in [2.24, 2.45) is 0 Å². The molecular formula is C20H32O10P2S. The monoisotopic (exact) mass is 526 g/mol. The molecule has 0 aliphatic heterocycles. The minimum absolute atomic E-state index is 0.314. The van der Waals surface area contributed by atoms with Crippen molar-refractivity contribution < 1.29 is 45.1 Å². The van der Waals surface area contributed by atoms with E-state index in [1.165, 1.54) is 36.5 Å². The van der Waals surface area contributed by atoms with Crippen LogP contribution in [-0.2, 0) is 46.5 Å². The second kappa shape index (κ2) is 10.6. The van der Waals surface area contributed by atoms with Gasteiger partial charge in [0, 0.05) is 41.3 Å². The molecule has 13 heteroatoms. The van der Waals surface area contributed by atoms with Crippen LogP contribution < -0.4 is 0 Å². The summed E-state index contributed by atoms with van der Waals surface area (Å²) < 4.78 is 83.9. The van der Waals surface area contributed by atoms with E-state index in [0.717, 1.165) is 28.4 Å². The summed E-state index contributed by atoms with van der Waals surface area (Å²) in [5.41, 5.74) is 0. The van der Waals surface area contributed by atoms with Crippen molar-refractivity contribution in [3.8, 4) is 0 Å². The first-order valence-electron chi connectivity index (χ1n) is 10.2. The van der Waals surface area contributed by atoms with Crippen LogP contribution in [0, 0.1) is 0 Å². The normalized spacial score (nSPS) is 26.0. The zero-order valence-electron chi connectivity index (χ0n) is 19.7. The molecule has 0 saturated heterocycles. The van der Waals surface area contributed by atoms with Gasteiger partial charge in [-0.25, -0.2) is 8.42 Å². The van der Waals surface area contributed by atoms with Crippen LogP contribution in [0.2, 0.25) is 0 Å². The zero-order chi connectivity index (χ0) is 25.0. The fourth-order valence-electron chi connectivity index (χ4n) is 3.91. The topological polar surface area (TPSA) is 124 Å². The molecule has 0 bridgehead atoms. The van der Waals surface area contributed by atoms with Crippen molar-refractivity contribution in [2.75, 3.05) is 41.7 Å². The summed E-state index contributed by atoms with van der Waals surface area (Å²) in [4.78, 5) is 0. The van der Waals surface area contributed by atoms with Crippen molar-refractivity contribution in [3.05, 3.63) is 48.0 Å². The van der Waals surface area contributed by atoms with Gasteiger partial charge in [0.1, 0.15) is 11.5 Å². The molecule has 0 aromatic carbocycles. The molecule has 0 spiro atoms. The maximum Gasteiger partial charge on any atom is 0.355 e. The van der Waals surface area contributed by atoms with E-state index in [1.54, 1.807) is 13.8 Å². The summed E-state index contributed by atoms with van der Waals surface area (Å²) in [5.74, 6) is 0.797. The molecule has 2 aliphatic rings. The highest BCUT2D eigenvalue weighted by molar-refractivity contribution is 8.06. The lowest BCUT2D eigenvalue weighted by Crippen LogP contribution is -2.51. The Morgan fingerprint density at radius 1 is 0.758 bits per heavy atom. The average Bonchev–Trinajstić information content (AvgIpc) is 2.84. The molecule has 0 heterocycles. The minimum Gasteiger partial charge on any atom is -0.494 e. The predicted octanol–water partition coefficient (Wildman–Crippen LogP) is 4.53. The molecule has 0 amide bonds. The van der Waals surface area contributed by atoms with Crippen molar-refractivity contribution in [1.29, 1.82) is 0 Å². The summed E-state index contributed by atoms with van der Waals surface area (Å²) in [6.07, 6.45) is 7.55. The van der Waals surface area contributed by atoms with Gasteiger partial charge in [-0.1, -0.05) is 0 Å². The summed E-state index contributed by atoms with van der Waals surface area (Å²) in [7, 11) is -9.11. The Balaban J connectivity index is 2.84. The second-order valence-corrected chi connectivity index (χ2v) is 15.2. The van der Waals surface area contributed by atoms with E-state index in [1.807, 2.05) is 0 Å². The third kappa shape index (κ3) is 4.33. The Bertz CT molecular complexity index is 953. The lowest BCUT2D eigenvalue weighted by atomic mass is 10.1. The highest BCUT2D eigenvalue weighted by Gasteiger charge is 2.70. The van der Waals surface area contributed by atoms with Gasteiger partial charge in [0.15, 0.2) is 18.8 Å². The van der Waals surface area contributed by atoms with E-state index < -0.39 is 34.0 Å². The van der Waals surface area contributed by atoms with Crippen LogP contribution in [0.3, 0.4) is 0 Å². The average molecular weight is 526 g/mol. The van der Waals surface area contributed by atoms with Gasteiger partial charge in [-0.15, -0.1) is 0 Å². The molecule has 0 N–H and O–H groups in total. The maximum absolute atomic E-state index is 14.5. The summed E-state index contributed by atoms with van der Waals surface area (Å²) in [6.45, 7) is 4.25. The van der Waals surface area contributed by atoms with Crippen molar-refractivity contribution in [2.45, 2.75) is 35.7 Å². The molecule has 0 aromatic heterocycles. The van der Waals surface area contributed by atoms with E-state index >= 15 is 0 Å². The van der Waals surface area contributed by atoms with Gasteiger partial charge < -0.3 is 27.6 Å². The van der Waals surface area contributed by atoms with Crippen LogP contribution in [-0.4, -0.2) is 59.0 Å². The van der Waals surface area contributed by atoms with Crippen LogP contribution in [0.4, 0.5) is 0 Å². The quantitative estimate of drug-likeness (QED) is 0.335. The van der Waals surface area contributed by atoms with Gasteiger partial charge in [-0.2, -0.15) is 0 Å². The maximum atomic E-state index is 14.5. The molecule has 188 valence electrons. The first-order chi connectivity index (χ1) is 15.5. The third-order valence-electron chi connectivity index (χ3n) is 5.65. The van der Waals surface area contributed by atoms with Gasteiger partial charge in [0.05, 0.1) is 13.2 Å². The van der Waals surface area contributed by atoms with E-state index in [0.29, 0.717) is 24.7 Å². The Labute approximate surface area is 195 Å². The van der Waals surface area contributed by atoms with Gasteiger partial charge in [-0.3, -0.25) is 9.13 Å². The summed E-state index contributed by atoms with van der Waals surface area (Å²) in [5, 5.41) is 0. The summed E-state index contributed by atoms with van der Waals surface area (Å²) in [6, 6.07) is 0. The molecule has 0 radical (unpaired) electrons. The standard InChI is InChI=1S/C20H32O10P2S/c1-7-29-17-9-13-19(14-10-17,31(21,25-3)26-4)33(23,24)20(32(22,27-5)28-6)15-11-18(12-16-20)30-8-2/h9-13,15H,7-8,14,16H2,1-6H3. The minimum atomic E-state index is -4.75. The van der Waals surface area contributed by atoms with E-state index in [2.05, 4.69) is 0 Å². The van der Waals surface area contributed by atoms with E-state index in [9.17, 15) is 17.5 Å². The number of hydrogen-bond donors (Lipinski definition) is 0. The highest BCUT2D eigenvalue weighted by Crippen LogP contribution is 2.73. The zero-order valence-corrected chi connectivity index (χ0v) is 22.3. The van der Waals surface area contributed by atoms with E-state index in [4.69, 9.17) is 27.6 Å². The van der Waals surface area contributed by atoms with E-state index in [-0.39, 0.29) is 12.8 Å². The van der Waals surface area contributed by atoms with Crippen LogP contribution in [0.5, 0.6) is 0 Å². The molecular weight excluding hydrogens is 494 g/mol. The number of hydrogen-bond acceptors (Lipinski definition) is 10. The number of ether oxygens (including phenoxy) is 2. The van der Waals surface area contributed by atoms with Crippen LogP contribution >= 0.6 is 15.2 Å². The number of sulfone groups is 1. The van der Waals surface area contributed by atoms with Crippen LogP contribution in [0.25, 0.3) is 0 Å². The van der Waals surface area contributed by atoms with Crippen LogP contribution in [0.1, 0.15) is 26.7 Å². The Morgan fingerprint density at radius 2 is 1.09 bits per heavy atom. The smallest absolute Gasteiger partial charge is 0.355 e. The molecule has 0 fully saturated rings. The largest absolute Gasteiger partial charge is 0.494 e. The molecule has 0 saturated carbocycles. The Morgan fingerprint density at radius 3 is 1.30 bits per heavy atom. The molecule has 2 rings (SSSR count). The lowest BCUT2D eigenvalue weighted by Gasteiger charge is -2.44. The second-order valence-electron chi connectivity index (χ2n) is 7.07. The predicted molar refractivity (Wildman–Crippen MR) is 125 cm³/mol. The number of allylic oxidation sites excluding steroid dienone is 4. The Kier molecular flexibility index (Phi) is 9.01. The fraction of sp³-hybridized carbons (Fsp3) is 0.600.